The minimum atomic E-state index is -0.759. The third kappa shape index (κ3) is 2.41. The monoisotopic (exact) mass is 302 g/mol. The van der Waals surface area contributed by atoms with E-state index in [0.717, 1.165) is 6.07 Å². The van der Waals surface area contributed by atoms with Crippen molar-refractivity contribution in [2.45, 2.75) is 6.92 Å². The van der Waals surface area contributed by atoms with Crippen molar-refractivity contribution in [1.29, 1.82) is 0 Å². The van der Waals surface area contributed by atoms with Crippen LogP contribution in [-0.4, -0.2) is 33.8 Å². The molecule has 72 valence electrons. The van der Waals surface area contributed by atoms with Gasteiger partial charge in [0.2, 0.25) is 0 Å². The third-order valence-corrected chi connectivity index (χ3v) is 1.60. The predicted octanol–water partition coefficient (Wildman–Crippen LogP) is 1.43. The van der Waals surface area contributed by atoms with Crippen LogP contribution in [0.25, 0.3) is 0 Å². The van der Waals surface area contributed by atoms with Crippen molar-refractivity contribution in [3.8, 4) is 0 Å². The Morgan fingerprint density at radius 1 is 1.14 bits per heavy atom. The van der Waals surface area contributed by atoms with E-state index in [1.54, 1.807) is 0 Å². The second-order valence-corrected chi connectivity index (χ2v) is 2.46. The zero-order valence-corrected chi connectivity index (χ0v) is 10.1. The van der Waals surface area contributed by atoms with E-state index < -0.39 is 21.2 Å². The molecule has 1 aromatic carbocycles. The van der Waals surface area contributed by atoms with Gasteiger partial charge in [-0.25, -0.2) is 0 Å². The molecule has 0 amide bonds. The van der Waals surface area contributed by atoms with Crippen LogP contribution in [0.2, 0.25) is 0 Å². The van der Waals surface area contributed by atoms with Gasteiger partial charge in [-0.15, -0.1) is 0 Å². The SMILES string of the molecule is Cc1cccc([N+](=O)[O-])c1[N+](=O)[O-].[Sn]. The summed E-state index contributed by atoms with van der Waals surface area (Å²) in [6.45, 7) is 1.46. The van der Waals surface area contributed by atoms with Crippen LogP contribution >= 0.6 is 0 Å². The molecular weight excluding hydrogens is 295 g/mol. The fourth-order valence-corrected chi connectivity index (χ4v) is 1.03. The molecule has 0 aliphatic rings. The second kappa shape index (κ2) is 4.89. The number of benzene rings is 1. The van der Waals surface area contributed by atoms with Crippen molar-refractivity contribution in [1.82, 2.24) is 0 Å². The summed E-state index contributed by atoms with van der Waals surface area (Å²) < 4.78 is 0. The largest absolute Gasteiger partial charge is 0.348 e. The van der Waals surface area contributed by atoms with Crippen LogP contribution < -0.4 is 0 Å². The van der Waals surface area contributed by atoms with E-state index in [2.05, 4.69) is 0 Å². The van der Waals surface area contributed by atoms with E-state index in [1.165, 1.54) is 19.1 Å². The summed E-state index contributed by atoms with van der Waals surface area (Å²) in [6, 6.07) is 4.00. The van der Waals surface area contributed by atoms with Crippen LogP contribution in [-0.2, 0) is 0 Å². The summed E-state index contributed by atoms with van der Waals surface area (Å²) in [4.78, 5) is 19.3. The molecule has 0 bridgehead atoms. The molecule has 1 aromatic rings. The van der Waals surface area contributed by atoms with Gasteiger partial charge in [-0.2, -0.15) is 0 Å². The van der Waals surface area contributed by atoms with Crippen LogP contribution in [0.15, 0.2) is 18.2 Å². The maximum Gasteiger partial charge on any atom is 0.348 e. The topological polar surface area (TPSA) is 86.3 Å². The maximum absolute atomic E-state index is 10.4. The first-order valence-corrected chi connectivity index (χ1v) is 3.42. The van der Waals surface area contributed by atoms with Gasteiger partial charge in [-0.3, -0.25) is 20.2 Å². The van der Waals surface area contributed by atoms with Crippen LogP contribution in [0.4, 0.5) is 11.4 Å². The Bertz CT molecular complexity index is 380. The van der Waals surface area contributed by atoms with Gasteiger partial charge in [-0.05, 0) is 6.92 Å². The fourth-order valence-electron chi connectivity index (χ4n) is 1.03. The quantitative estimate of drug-likeness (QED) is 0.470. The molecule has 0 spiro atoms. The van der Waals surface area contributed by atoms with Gasteiger partial charge < -0.3 is 0 Å². The average molecular weight is 301 g/mol. The maximum atomic E-state index is 10.4. The van der Waals surface area contributed by atoms with Gasteiger partial charge >= 0.3 is 11.4 Å². The van der Waals surface area contributed by atoms with E-state index >= 15 is 0 Å². The molecule has 0 atom stereocenters. The molecule has 0 heterocycles. The Kier molecular flexibility index (Phi) is 4.48. The zero-order valence-electron chi connectivity index (χ0n) is 7.26. The Morgan fingerprint density at radius 3 is 2.07 bits per heavy atom. The van der Waals surface area contributed by atoms with Crippen LogP contribution in [0.3, 0.4) is 0 Å². The van der Waals surface area contributed by atoms with Gasteiger partial charge in [0.05, 0.1) is 9.85 Å². The first-order valence-electron chi connectivity index (χ1n) is 3.42. The Morgan fingerprint density at radius 2 is 1.71 bits per heavy atom. The van der Waals surface area contributed by atoms with Crippen molar-refractivity contribution in [3.63, 3.8) is 0 Å². The minimum Gasteiger partial charge on any atom is -0.258 e. The van der Waals surface area contributed by atoms with Crippen LogP contribution in [0.5, 0.6) is 0 Å². The summed E-state index contributed by atoms with van der Waals surface area (Å²) in [6.07, 6.45) is 0. The molecule has 0 unspecified atom stereocenters. The summed E-state index contributed by atoms with van der Waals surface area (Å²) in [5.74, 6) is 0. The molecular formula is C7H6N2O4Sn. The van der Waals surface area contributed by atoms with Gasteiger partial charge in [0.1, 0.15) is 0 Å². The Hall–Kier alpha value is -1.18. The average Bonchev–Trinajstić information content (AvgIpc) is 2.02. The van der Waals surface area contributed by atoms with Crippen molar-refractivity contribution in [3.05, 3.63) is 44.0 Å². The van der Waals surface area contributed by atoms with Gasteiger partial charge in [0.15, 0.2) is 0 Å². The molecule has 1 rings (SSSR count). The molecule has 0 saturated carbocycles. The molecule has 0 N–H and O–H groups in total. The molecule has 0 saturated heterocycles. The number of nitro groups is 2. The number of hydrogen-bond acceptors (Lipinski definition) is 4. The first-order chi connectivity index (χ1) is 6.04. The normalized spacial score (nSPS) is 8.93. The van der Waals surface area contributed by atoms with E-state index in [0.29, 0.717) is 5.56 Å². The molecule has 14 heavy (non-hydrogen) atoms. The first kappa shape index (κ1) is 12.8. The summed E-state index contributed by atoms with van der Waals surface area (Å²) >= 11 is 0. The number of para-hydroxylation sites is 1. The van der Waals surface area contributed by atoms with Crippen LogP contribution in [0, 0.1) is 27.2 Å². The molecule has 6 nitrogen and oxygen atoms in total. The van der Waals surface area contributed by atoms with Gasteiger partial charge in [0.25, 0.3) is 0 Å². The molecule has 0 aliphatic carbocycles. The second-order valence-electron chi connectivity index (χ2n) is 2.46. The molecule has 4 radical (unpaired) electrons. The third-order valence-electron chi connectivity index (χ3n) is 1.60. The zero-order chi connectivity index (χ0) is 10.0. The Labute approximate surface area is 96.2 Å². The molecule has 7 heteroatoms. The molecule has 0 aliphatic heterocycles. The number of aryl methyl sites for hydroxylation is 1. The summed E-state index contributed by atoms with van der Waals surface area (Å²) in [7, 11) is 0. The van der Waals surface area contributed by atoms with E-state index in [-0.39, 0.29) is 23.9 Å². The number of rotatable bonds is 2. The number of nitrogens with zero attached hydrogens (tertiary/aromatic N) is 2. The number of hydrogen-bond donors (Lipinski definition) is 0. The van der Waals surface area contributed by atoms with Crippen LogP contribution in [0.1, 0.15) is 5.56 Å². The Balaban J connectivity index is 0.00000169. The van der Waals surface area contributed by atoms with Crippen molar-refractivity contribution >= 4 is 35.3 Å². The van der Waals surface area contributed by atoms with E-state index in [9.17, 15) is 20.2 Å². The fraction of sp³-hybridized carbons (Fsp3) is 0.143. The summed E-state index contributed by atoms with van der Waals surface area (Å²) in [5, 5.41) is 20.8. The standard InChI is InChI=1S/C7H6N2O4.Sn/c1-5-3-2-4-6(8(10)11)7(5)9(12)13;/h2-4H,1H3;. The van der Waals surface area contributed by atoms with E-state index in [4.69, 9.17) is 0 Å². The predicted molar refractivity (Wildman–Crippen MR) is 50.2 cm³/mol. The van der Waals surface area contributed by atoms with Crippen molar-refractivity contribution < 1.29 is 9.85 Å². The van der Waals surface area contributed by atoms with Crippen molar-refractivity contribution in [2.24, 2.45) is 0 Å². The van der Waals surface area contributed by atoms with Crippen molar-refractivity contribution in [2.75, 3.05) is 0 Å². The van der Waals surface area contributed by atoms with Gasteiger partial charge in [0, 0.05) is 35.5 Å². The molecule has 0 fully saturated rings. The minimum absolute atomic E-state index is 0. The number of nitro benzene ring substituents is 2. The molecule has 0 aromatic heterocycles. The van der Waals surface area contributed by atoms with E-state index in [1.807, 2.05) is 0 Å². The van der Waals surface area contributed by atoms with Gasteiger partial charge in [-0.1, -0.05) is 12.1 Å². The smallest absolute Gasteiger partial charge is 0.258 e. The summed E-state index contributed by atoms with van der Waals surface area (Å²) in [5.41, 5.74) is -0.614.